The average Bonchev–Trinajstić information content (AvgIpc) is 2.81. The number of hydrogen-bond acceptors (Lipinski definition) is 4. The molecule has 1 unspecified atom stereocenters. The van der Waals surface area contributed by atoms with E-state index in [-0.39, 0.29) is 12.4 Å². The van der Waals surface area contributed by atoms with Crippen molar-refractivity contribution < 1.29 is 14.9 Å². The summed E-state index contributed by atoms with van der Waals surface area (Å²) in [6.45, 7) is 1.79. The topological polar surface area (TPSA) is 52.9 Å². The summed E-state index contributed by atoms with van der Waals surface area (Å²) in [7, 11) is 1.72. The highest BCUT2D eigenvalue weighted by Crippen LogP contribution is 2.30. The van der Waals surface area contributed by atoms with Gasteiger partial charge in [0, 0.05) is 32.0 Å². The highest BCUT2D eigenvalue weighted by atomic mass is 16.5. The summed E-state index contributed by atoms with van der Waals surface area (Å²) in [5, 5.41) is 18.8. The van der Waals surface area contributed by atoms with E-state index in [1.165, 1.54) is 0 Å². The van der Waals surface area contributed by atoms with Gasteiger partial charge in [-0.1, -0.05) is 6.07 Å². The van der Waals surface area contributed by atoms with E-state index in [1.807, 2.05) is 12.1 Å². The zero-order valence-corrected chi connectivity index (χ0v) is 10.8. The van der Waals surface area contributed by atoms with Crippen molar-refractivity contribution in [1.82, 2.24) is 0 Å². The van der Waals surface area contributed by atoms with Gasteiger partial charge in [0.2, 0.25) is 0 Å². The molecule has 2 rings (SSSR count). The van der Waals surface area contributed by atoms with Gasteiger partial charge in [-0.25, -0.2) is 0 Å². The largest absolute Gasteiger partial charge is 0.508 e. The third-order valence-electron chi connectivity index (χ3n) is 3.52. The molecule has 4 nitrogen and oxygen atoms in total. The molecule has 0 spiro atoms. The third kappa shape index (κ3) is 2.76. The Morgan fingerprint density at radius 2 is 2.28 bits per heavy atom. The van der Waals surface area contributed by atoms with Gasteiger partial charge in [-0.05, 0) is 30.9 Å². The lowest BCUT2D eigenvalue weighted by Crippen LogP contribution is -2.32. The van der Waals surface area contributed by atoms with Crippen LogP contribution in [0.5, 0.6) is 5.75 Å². The first-order valence-corrected chi connectivity index (χ1v) is 6.44. The summed E-state index contributed by atoms with van der Waals surface area (Å²) >= 11 is 0. The number of anilines is 1. The number of rotatable bonds is 5. The number of nitrogens with zero attached hydrogens (tertiary/aromatic N) is 1. The van der Waals surface area contributed by atoms with Gasteiger partial charge in [-0.15, -0.1) is 0 Å². The molecule has 0 saturated carbocycles. The van der Waals surface area contributed by atoms with E-state index < -0.39 is 0 Å². The molecule has 1 heterocycles. The van der Waals surface area contributed by atoms with Crippen molar-refractivity contribution in [3.05, 3.63) is 23.8 Å². The highest BCUT2D eigenvalue weighted by molar-refractivity contribution is 5.54. The summed E-state index contributed by atoms with van der Waals surface area (Å²) in [4.78, 5) is 2.28. The maximum absolute atomic E-state index is 9.93. The molecule has 0 amide bonds. The summed E-state index contributed by atoms with van der Waals surface area (Å²) in [5.74, 6) is 0.268. The molecule has 0 bridgehead atoms. The Kier molecular flexibility index (Phi) is 4.44. The molecule has 1 aliphatic heterocycles. The summed E-state index contributed by atoms with van der Waals surface area (Å²) in [6, 6.07) is 6.10. The van der Waals surface area contributed by atoms with Crippen LogP contribution in [-0.4, -0.2) is 43.1 Å². The second-order valence-electron chi connectivity index (χ2n) is 4.73. The zero-order valence-electron chi connectivity index (χ0n) is 10.8. The van der Waals surface area contributed by atoms with Crippen LogP contribution in [0, 0.1) is 0 Å². The van der Waals surface area contributed by atoms with Crippen molar-refractivity contribution in [1.29, 1.82) is 0 Å². The van der Waals surface area contributed by atoms with Crippen molar-refractivity contribution in [3.63, 3.8) is 0 Å². The monoisotopic (exact) mass is 251 g/mol. The fraction of sp³-hybridized carbons (Fsp3) is 0.571. The van der Waals surface area contributed by atoms with Crippen LogP contribution in [0.2, 0.25) is 0 Å². The second-order valence-corrected chi connectivity index (χ2v) is 4.73. The Morgan fingerprint density at radius 3 is 2.94 bits per heavy atom. The first kappa shape index (κ1) is 13.2. The minimum atomic E-state index is 0.0585. The van der Waals surface area contributed by atoms with Gasteiger partial charge in [-0.3, -0.25) is 0 Å². The molecule has 18 heavy (non-hydrogen) atoms. The molecular formula is C14H21NO3. The van der Waals surface area contributed by atoms with E-state index in [9.17, 15) is 5.11 Å². The smallest absolute Gasteiger partial charge is 0.120 e. The number of phenols is 1. The van der Waals surface area contributed by atoms with Crippen molar-refractivity contribution in [2.75, 3.05) is 31.8 Å². The number of phenolic OH excluding ortho intramolecular Hbond substituents is 1. The number of benzene rings is 1. The van der Waals surface area contributed by atoms with E-state index in [4.69, 9.17) is 9.84 Å². The van der Waals surface area contributed by atoms with Gasteiger partial charge in [0.05, 0.1) is 12.6 Å². The van der Waals surface area contributed by atoms with Gasteiger partial charge >= 0.3 is 0 Å². The van der Waals surface area contributed by atoms with Gasteiger partial charge in [-0.2, -0.15) is 0 Å². The Balaban J connectivity index is 2.15. The Labute approximate surface area is 108 Å². The van der Waals surface area contributed by atoms with Crippen LogP contribution in [0.4, 0.5) is 5.69 Å². The Hall–Kier alpha value is -1.26. The quantitative estimate of drug-likeness (QED) is 0.833. The molecule has 1 aromatic carbocycles. The highest BCUT2D eigenvalue weighted by Gasteiger charge is 2.24. The molecule has 1 aromatic rings. The van der Waals surface area contributed by atoms with Crippen LogP contribution in [0.1, 0.15) is 18.4 Å². The SMILES string of the molecule is COCC1CCCN1c1ccc(CCO)c(O)c1. The fourth-order valence-corrected chi connectivity index (χ4v) is 2.60. The predicted octanol–water partition coefficient (Wildman–Crippen LogP) is 1.54. The number of aliphatic hydroxyl groups excluding tert-OH is 1. The van der Waals surface area contributed by atoms with Crippen LogP contribution in [-0.2, 0) is 11.2 Å². The first-order valence-electron chi connectivity index (χ1n) is 6.44. The number of hydrogen-bond donors (Lipinski definition) is 2. The van der Waals surface area contributed by atoms with Crippen molar-refractivity contribution in [3.8, 4) is 5.75 Å². The summed E-state index contributed by atoms with van der Waals surface area (Å²) < 4.78 is 5.23. The van der Waals surface area contributed by atoms with Crippen LogP contribution in [0.15, 0.2) is 18.2 Å². The predicted molar refractivity (Wildman–Crippen MR) is 71.1 cm³/mol. The molecular weight excluding hydrogens is 230 g/mol. The van der Waals surface area contributed by atoms with Crippen LogP contribution in [0.25, 0.3) is 0 Å². The minimum absolute atomic E-state index is 0.0585. The third-order valence-corrected chi connectivity index (χ3v) is 3.52. The molecule has 4 heteroatoms. The lowest BCUT2D eigenvalue weighted by Gasteiger charge is -2.26. The molecule has 2 N–H and O–H groups in total. The van der Waals surface area contributed by atoms with Crippen LogP contribution >= 0.6 is 0 Å². The molecule has 0 radical (unpaired) electrons. The van der Waals surface area contributed by atoms with E-state index in [0.29, 0.717) is 12.5 Å². The van der Waals surface area contributed by atoms with Crippen molar-refractivity contribution in [2.24, 2.45) is 0 Å². The molecule has 100 valence electrons. The van der Waals surface area contributed by atoms with Crippen LogP contribution < -0.4 is 4.90 Å². The maximum Gasteiger partial charge on any atom is 0.120 e. The normalized spacial score (nSPS) is 19.4. The molecule has 1 fully saturated rings. The van der Waals surface area contributed by atoms with Gasteiger partial charge < -0.3 is 19.8 Å². The number of aromatic hydroxyl groups is 1. The lowest BCUT2D eigenvalue weighted by atomic mass is 10.1. The molecule has 0 aliphatic carbocycles. The van der Waals surface area contributed by atoms with Crippen molar-refractivity contribution >= 4 is 5.69 Å². The molecule has 1 saturated heterocycles. The molecule has 1 aliphatic rings. The lowest BCUT2D eigenvalue weighted by molar-refractivity contribution is 0.181. The first-order chi connectivity index (χ1) is 8.76. The average molecular weight is 251 g/mol. The summed E-state index contributed by atoms with van der Waals surface area (Å²) in [5.41, 5.74) is 1.83. The summed E-state index contributed by atoms with van der Waals surface area (Å²) in [6.07, 6.45) is 2.79. The standard InChI is InChI=1S/C14H21NO3/c1-18-10-13-3-2-7-15(13)12-5-4-11(6-8-16)14(17)9-12/h4-5,9,13,16-17H,2-3,6-8,10H2,1H3. The maximum atomic E-state index is 9.93. The van der Waals surface area contributed by atoms with Gasteiger partial charge in [0.15, 0.2) is 0 Å². The minimum Gasteiger partial charge on any atom is -0.508 e. The van der Waals surface area contributed by atoms with Crippen LogP contribution in [0.3, 0.4) is 0 Å². The number of aliphatic hydroxyl groups is 1. The second kappa shape index (κ2) is 6.07. The van der Waals surface area contributed by atoms with E-state index in [1.54, 1.807) is 13.2 Å². The van der Waals surface area contributed by atoms with Gasteiger partial charge in [0.1, 0.15) is 5.75 Å². The van der Waals surface area contributed by atoms with E-state index in [2.05, 4.69) is 4.90 Å². The zero-order chi connectivity index (χ0) is 13.0. The van der Waals surface area contributed by atoms with E-state index >= 15 is 0 Å². The van der Waals surface area contributed by atoms with E-state index in [0.717, 1.165) is 37.2 Å². The molecule has 0 aromatic heterocycles. The van der Waals surface area contributed by atoms with Crippen molar-refractivity contribution in [2.45, 2.75) is 25.3 Å². The number of ether oxygens (including phenoxy) is 1. The van der Waals surface area contributed by atoms with Gasteiger partial charge in [0.25, 0.3) is 0 Å². The molecule has 1 atom stereocenters. The fourth-order valence-electron chi connectivity index (χ4n) is 2.60. The Bertz CT molecular complexity index is 395. The Morgan fingerprint density at radius 1 is 1.44 bits per heavy atom. The number of methoxy groups -OCH3 is 1.